The third-order valence-corrected chi connectivity index (χ3v) is 4.32. The molecule has 1 unspecified atom stereocenters. The molecule has 0 aromatic carbocycles. The van der Waals surface area contributed by atoms with Gasteiger partial charge in [0.15, 0.2) is 0 Å². The summed E-state index contributed by atoms with van der Waals surface area (Å²) in [4.78, 5) is 17.2. The van der Waals surface area contributed by atoms with Crippen LogP contribution in [-0.2, 0) is 6.54 Å². The summed E-state index contributed by atoms with van der Waals surface area (Å²) in [5.74, 6) is 0.987. The number of halogens is 1. The third-order valence-electron chi connectivity index (χ3n) is 3.89. The van der Waals surface area contributed by atoms with Crippen LogP contribution in [0.4, 0.5) is 5.82 Å². The van der Waals surface area contributed by atoms with Crippen molar-refractivity contribution in [3.05, 3.63) is 47.1 Å². The number of pyridine rings is 1. The summed E-state index contributed by atoms with van der Waals surface area (Å²) in [6.07, 6.45) is 8.30. The second-order valence-corrected chi connectivity index (χ2v) is 6.28. The lowest BCUT2D eigenvalue weighted by molar-refractivity contribution is 0.325. The van der Waals surface area contributed by atoms with Crippen LogP contribution in [0.25, 0.3) is 0 Å². The molecule has 0 N–H and O–H groups in total. The Labute approximate surface area is 133 Å². The Morgan fingerprint density at radius 2 is 2.29 bits per heavy atom. The summed E-state index contributed by atoms with van der Waals surface area (Å²) in [5, 5.41) is 0. The van der Waals surface area contributed by atoms with Crippen molar-refractivity contribution in [2.75, 3.05) is 25.0 Å². The zero-order chi connectivity index (χ0) is 14.7. The van der Waals surface area contributed by atoms with Gasteiger partial charge >= 0.3 is 0 Å². The van der Waals surface area contributed by atoms with Crippen LogP contribution in [0.1, 0.15) is 12.0 Å². The van der Waals surface area contributed by atoms with Gasteiger partial charge in [-0.25, -0.2) is 9.97 Å². The Balaban J connectivity index is 1.60. The molecule has 2 aromatic heterocycles. The molecule has 110 valence electrons. The minimum atomic E-state index is 0.500. The summed E-state index contributed by atoms with van der Waals surface area (Å²) < 4.78 is 1.04. The zero-order valence-electron chi connectivity index (χ0n) is 12.0. The first-order valence-corrected chi connectivity index (χ1v) is 7.82. The second kappa shape index (κ2) is 6.49. The van der Waals surface area contributed by atoms with Crippen LogP contribution >= 0.6 is 15.9 Å². The van der Waals surface area contributed by atoms with Gasteiger partial charge in [-0.2, -0.15) is 0 Å². The predicted octanol–water partition coefficient (Wildman–Crippen LogP) is 2.34. The molecule has 3 rings (SSSR count). The van der Waals surface area contributed by atoms with Crippen molar-refractivity contribution in [1.82, 2.24) is 19.9 Å². The molecule has 0 spiro atoms. The van der Waals surface area contributed by atoms with Gasteiger partial charge in [-0.15, -0.1) is 0 Å². The van der Waals surface area contributed by atoms with E-state index in [2.05, 4.69) is 53.8 Å². The number of anilines is 1. The molecule has 21 heavy (non-hydrogen) atoms. The lowest BCUT2D eigenvalue weighted by Crippen LogP contribution is -2.34. The first kappa shape index (κ1) is 14.4. The van der Waals surface area contributed by atoms with Gasteiger partial charge < -0.3 is 4.90 Å². The van der Waals surface area contributed by atoms with Crippen LogP contribution in [0.15, 0.2) is 41.5 Å². The normalized spacial score (nSPS) is 18.9. The Morgan fingerprint density at radius 1 is 1.38 bits per heavy atom. The van der Waals surface area contributed by atoms with E-state index in [1.165, 1.54) is 5.56 Å². The summed E-state index contributed by atoms with van der Waals surface area (Å²) in [6.45, 7) is 3.10. The zero-order valence-corrected chi connectivity index (χ0v) is 13.6. The van der Waals surface area contributed by atoms with Crippen molar-refractivity contribution in [3.8, 4) is 0 Å². The highest BCUT2D eigenvalue weighted by molar-refractivity contribution is 9.10. The van der Waals surface area contributed by atoms with Gasteiger partial charge in [-0.3, -0.25) is 9.88 Å². The maximum Gasteiger partial charge on any atom is 0.131 e. The van der Waals surface area contributed by atoms with Gasteiger partial charge in [-0.1, -0.05) is 0 Å². The SMILES string of the molecule is CN(c1ccncn1)C1CCN(Cc2cncc(Br)c2)C1. The van der Waals surface area contributed by atoms with Crippen LogP contribution in [-0.4, -0.2) is 46.0 Å². The van der Waals surface area contributed by atoms with Crippen LogP contribution in [0.5, 0.6) is 0 Å². The Kier molecular flexibility index (Phi) is 4.45. The van der Waals surface area contributed by atoms with Gasteiger partial charge in [0.2, 0.25) is 0 Å². The lowest BCUT2D eigenvalue weighted by Gasteiger charge is -2.25. The average molecular weight is 348 g/mol. The Bertz CT molecular complexity index is 592. The van der Waals surface area contributed by atoms with Gasteiger partial charge in [0.05, 0.1) is 0 Å². The smallest absolute Gasteiger partial charge is 0.131 e. The van der Waals surface area contributed by atoms with E-state index >= 15 is 0 Å². The van der Waals surface area contributed by atoms with E-state index in [0.717, 1.165) is 36.3 Å². The molecule has 1 aliphatic heterocycles. The molecule has 1 fully saturated rings. The van der Waals surface area contributed by atoms with Gasteiger partial charge in [0, 0.05) is 55.8 Å². The minimum Gasteiger partial charge on any atom is -0.355 e. The average Bonchev–Trinajstić information content (AvgIpc) is 2.96. The summed E-state index contributed by atoms with van der Waals surface area (Å²) in [6, 6.07) is 4.59. The molecular weight excluding hydrogens is 330 g/mol. The molecule has 0 amide bonds. The Morgan fingerprint density at radius 3 is 3.05 bits per heavy atom. The number of hydrogen-bond donors (Lipinski definition) is 0. The summed E-state index contributed by atoms with van der Waals surface area (Å²) in [7, 11) is 2.11. The monoisotopic (exact) mass is 347 g/mol. The van der Waals surface area contributed by atoms with Crippen molar-refractivity contribution >= 4 is 21.7 Å². The van der Waals surface area contributed by atoms with Crippen LogP contribution < -0.4 is 4.90 Å². The molecule has 0 radical (unpaired) electrons. The van der Waals surface area contributed by atoms with Crippen LogP contribution in [0.3, 0.4) is 0 Å². The number of nitrogens with zero attached hydrogens (tertiary/aromatic N) is 5. The molecular formula is C15H18BrN5. The molecule has 2 aromatic rings. The van der Waals surface area contributed by atoms with E-state index in [0.29, 0.717) is 6.04 Å². The first-order chi connectivity index (χ1) is 10.2. The summed E-state index contributed by atoms with van der Waals surface area (Å²) >= 11 is 3.47. The Hall–Kier alpha value is -1.53. The largest absolute Gasteiger partial charge is 0.355 e. The number of hydrogen-bond acceptors (Lipinski definition) is 5. The van der Waals surface area contributed by atoms with Crippen molar-refractivity contribution in [2.45, 2.75) is 19.0 Å². The molecule has 0 saturated carbocycles. The fraction of sp³-hybridized carbons (Fsp3) is 0.400. The summed E-state index contributed by atoms with van der Waals surface area (Å²) in [5.41, 5.74) is 1.25. The molecule has 1 saturated heterocycles. The standard InChI is InChI=1S/C15H18BrN5/c1-20(15-2-4-17-11-19-15)14-3-5-21(10-14)9-12-6-13(16)8-18-7-12/h2,4,6-8,11,14H,3,5,9-10H2,1H3. The second-order valence-electron chi connectivity index (χ2n) is 5.37. The number of rotatable bonds is 4. The fourth-order valence-electron chi connectivity index (χ4n) is 2.75. The fourth-order valence-corrected chi connectivity index (χ4v) is 3.16. The highest BCUT2D eigenvalue weighted by Gasteiger charge is 2.26. The molecule has 1 aliphatic rings. The number of aromatic nitrogens is 3. The van der Waals surface area contributed by atoms with E-state index < -0.39 is 0 Å². The number of likely N-dealkylation sites (tertiary alicyclic amines) is 1. The van der Waals surface area contributed by atoms with Crippen molar-refractivity contribution < 1.29 is 0 Å². The van der Waals surface area contributed by atoms with E-state index in [1.54, 1.807) is 12.5 Å². The first-order valence-electron chi connectivity index (χ1n) is 7.03. The van der Waals surface area contributed by atoms with Gasteiger partial charge in [0.25, 0.3) is 0 Å². The third kappa shape index (κ3) is 3.57. The maximum atomic E-state index is 4.32. The highest BCUT2D eigenvalue weighted by atomic mass is 79.9. The van der Waals surface area contributed by atoms with E-state index in [4.69, 9.17) is 0 Å². The highest BCUT2D eigenvalue weighted by Crippen LogP contribution is 2.21. The van der Waals surface area contributed by atoms with Gasteiger partial charge in [-0.05, 0) is 40.0 Å². The van der Waals surface area contributed by atoms with Crippen molar-refractivity contribution in [2.24, 2.45) is 0 Å². The van der Waals surface area contributed by atoms with Crippen LogP contribution in [0, 0.1) is 0 Å². The minimum absolute atomic E-state index is 0.500. The molecule has 5 nitrogen and oxygen atoms in total. The molecule has 6 heteroatoms. The number of likely N-dealkylation sites (N-methyl/N-ethyl adjacent to an activating group) is 1. The molecule has 0 aliphatic carbocycles. The van der Waals surface area contributed by atoms with E-state index in [1.807, 2.05) is 18.5 Å². The van der Waals surface area contributed by atoms with Crippen LogP contribution in [0.2, 0.25) is 0 Å². The van der Waals surface area contributed by atoms with Crippen molar-refractivity contribution in [1.29, 1.82) is 0 Å². The molecule has 0 bridgehead atoms. The topological polar surface area (TPSA) is 45.2 Å². The molecule has 3 heterocycles. The maximum absolute atomic E-state index is 4.32. The van der Waals surface area contributed by atoms with Crippen molar-refractivity contribution in [3.63, 3.8) is 0 Å². The van der Waals surface area contributed by atoms with Gasteiger partial charge in [0.1, 0.15) is 12.1 Å². The molecule has 1 atom stereocenters. The lowest BCUT2D eigenvalue weighted by atomic mass is 10.2. The van der Waals surface area contributed by atoms with E-state index in [9.17, 15) is 0 Å². The quantitative estimate of drug-likeness (QED) is 0.849. The predicted molar refractivity (Wildman–Crippen MR) is 86.1 cm³/mol. The van der Waals surface area contributed by atoms with E-state index in [-0.39, 0.29) is 0 Å².